The Hall–Kier alpha value is -1.07. The number of ketones is 1. The summed E-state index contributed by atoms with van der Waals surface area (Å²) >= 11 is 1.42. The van der Waals surface area contributed by atoms with Crippen LogP contribution in [-0.2, 0) is 0 Å². The molecular formula is C11H16N2O2S. The van der Waals surface area contributed by atoms with Crippen LogP contribution in [-0.4, -0.2) is 30.1 Å². The van der Waals surface area contributed by atoms with Crippen LogP contribution in [0.3, 0.4) is 0 Å². The molecule has 1 aromatic rings. The lowest BCUT2D eigenvalue weighted by molar-refractivity contribution is 0.102. The minimum atomic E-state index is -0.266. The fraction of sp³-hybridized carbons (Fsp3) is 0.545. The van der Waals surface area contributed by atoms with Gasteiger partial charge in [-0.1, -0.05) is 0 Å². The van der Waals surface area contributed by atoms with E-state index < -0.39 is 0 Å². The minimum Gasteiger partial charge on any atom is -0.397 e. The molecule has 0 bridgehead atoms. The Morgan fingerprint density at radius 2 is 2.44 bits per heavy atom. The zero-order chi connectivity index (χ0) is 11.7. The van der Waals surface area contributed by atoms with Gasteiger partial charge in [-0.3, -0.25) is 4.79 Å². The largest absolute Gasteiger partial charge is 0.397 e. The molecule has 1 aliphatic rings. The molecule has 3 N–H and O–H groups in total. The Kier molecular flexibility index (Phi) is 3.16. The Balaban J connectivity index is 2.20. The molecule has 5 heteroatoms. The monoisotopic (exact) mass is 240 g/mol. The van der Waals surface area contributed by atoms with Gasteiger partial charge in [-0.25, -0.2) is 0 Å². The zero-order valence-corrected chi connectivity index (χ0v) is 10.1. The summed E-state index contributed by atoms with van der Waals surface area (Å²) in [6, 6.07) is 1.83. The van der Waals surface area contributed by atoms with E-state index in [0.717, 1.165) is 24.4 Å². The van der Waals surface area contributed by atoms with Gasteiger partial charge >= 0.3 is 0 Å². The summed E-state index contributed by atoms with van der Waals surface area (Å²) in [7, 11) is 0. The second kappa shape index (κ2) is 4.43. The molecule has 2 heterocycles. The molecule has 0 radical (unpaired) electrons. The van der Waals surface area contributed by atoms with Crippen molar-refractivity contribution in [3.8, 4) is 0 Å². The number of Topliss-reactive ketones (excluding diaryl/α,β-unsaturated/α-hetero) is 1. The normalized spacial score (nSPS) is 21.1. The Morgan fingerprint density at radius 3 is 3.00 bits per heavy atom. The molecule has 16 heavy (non-hydrogen) atoms. The second-order valence-electron chi connectivity index (χ2n) is 4.17. The van der Waals surface area contributed by atoms with Crippen molar-refractivity contribution in [2.45, 2.75) is 25.9 Å². The number of aliphatic hydroxyl groups excluding tert-OH is 1. The number of aliphatic hydroxyl groups is 1. The number of hydrogen-bond donors (Lipinski definition) is 2. The van der Waals surface area contributed by atoms with Crippen LogP contribution in [0.25, 0.3) is 0 Å². The van der Waals surface area contributed by atoms with Crippen LogP contribution in [0, 0.1) is 0 Å². The summed E-state index contributed by atoms with van der Waals surface area (Å²) < 4.78 is 0. The Morgan fingerprint density at radius 1 is 1.69 bits per heavy atom. The van der Waals surface area contributed by atoms with Crippen molar-refractivity contribution in [2.24, 2.45) is 0 Å². The Labute approximate surface area is 98.7 Å². The first-order chi connectivity index (χ1) is 7.58. The molecule has 2 rings (SSSR count). The number of β-amino-alcohol motifs (C(OH)–C–C–N with tert-alkyl or cyclic N) is 1. The Bertz CT molecular complexity index is 403. The molecule has 1 aromatic heterocycles. The van der Waals surface area contributed by atoms with E-state index in [1.165, 1.54) is 18.3 Å². The number of thiophene rings is 1. The van der Waals surface area contributed by atoms with Crippen LogP contribution in [0.2, 0.25) is 0 Å². The fourth-order valence-corrected chi connectivity index (χ4v) is 2.99. The van der Waals surface area contributed by atoms with Crippen molar-refractivity contribution in [1.29, 1.82) is 0 Å². The molecular weight excluding hydrogens is 224 g/mol. The van der Waals surface area contributed by atoms with E-state index in [1.54, 1.807) is 0 Å². The number of nitrogens with two attached hydrogens (primary N) is 1. The lowest BCUT2D eigenvalue weighted by Crippen LogP contribution is -2.37. The van der Waals surface area contributed by atoms with Crippen LogP contribution >= 0.6 is 11.3 Å². The summed E-state index contributed by atoms with van der Waals surface area (Å²) in [6.07, 6.45) is 1.57. The number of hydrogen-bond acceptors (Lipinski definition) is 5. The lowest BCUT2D eigenvalue weighted by Gasteiger charge is -2.30. The first kappa shape index (κ1) is 11.4. The molecule has 1 aliphatic heterocycles. The van der Waals surface area contributed by atoms with E-state index in [-0.39, 0.29) is 11.9 Å². The fourth-order valence-electron chi connectivity index (χ4n) is 1.98. The first-order valence-corrected chi connectivity index (χ1v) is 6.23. The van der Waals surface area contributed by atoms with E-state index in [1.807, 2.05) is 6.07 Å². The number of nitrogen functional groups attached to an aromatic ring is 1. The van der Waals surface area contributed by atoms with Gasteiger partial charge in [-0.15, -0.1) is 11.3 Å². The van der Waals surface area contributed by atoms with Crippen molar-refractivity contribution < 1.29 is 9.90 Å². The third-order valence-electron chi connectivity index (χ3n) is 2.78. The summed E-state index contributed by atoms with van der Waals surface area (Å²) in [5.41, 5.74) is 6.33. The highest BCUT2D eigenvalue weighted by atomic mass is 32.1. The quantitative estimate of drug-likeness (QED) is 0.769. The van der Waals surface area contributed by atoms with Gasteiger partial charge in [0, 0.05) is 20.0 Å². The number of rotatable bonds is 2. The number of piperidine rings is 1. The molecule has 1 saturated heterocycles. The highest BCUT2D eigenvalue weighted by Gasteiger charge is 2.21. The zero-order valence-electron chi connectivity index (χ0n) is 9.27. The maximum absolute atomic E-state index is 11.3. The maximum Gasteiger partial charge on any atom is 0.171 e. The van der Waals surface area contributed by atoms with Crippen molar-refractivity contribution in [1.82, 2.24) is 0 Å². The lowest BCUT2D eigenvalue weighted by atomic mass is 10.1. The maximum atomic E-state index is 11.3. The second-order valence-corrected chi connectivity index (χ2v) is 5.20. The van der Waals surface area contributed by atoms with Gasteiger partial charge in [-0.05, 0) is 18.9 Å². The van der Waals surface area contributed by atoms with Gasteiger partial charge in [0.2, 0.25) is 0 Å². The van der Waals surface area contributed by atoms with E-state index in [4.69, 9.17) is 5.73 Å². The molecule has 1 unspecified atom stereocenters. The molecule has 1 atom stereocenters. The molecule has 88 valence electrons. The summed E-state index contributed by atoms with van der Waals surface area (Å²) in [4.78, 5) is 14.0. The molecule has 0 aromatic carbocycles. The molecule has 0 spiro atoms. The minimum absolute atomic E-state index is 0.00584. The molecule has 0 saturated carbocycles. The molecule has 1 fully saturated rings. The predicted molar refractivity (Wildman–Crippen MR) is 66.2 cm³/mol. The SMILES string of the molecule is CC(=O)c1sc(N2CCCC(O)C2)cc1N. The van der Waals surface area contributed by atoms with Crippen molar-refractivity contribution in [3.05, 3.63) is 10.9 Å². The number of anilines is 2. The van der Waals surface area contributed by atoms with Crippen LogP contribution in [0.4, 0.5) is 10.7 Å². The van der Waals surface area contributed by atoms with Gasteiger partial charge in [0.15, 0.2) is 5.78 Å². The molecule has 0 aliphatic carbocycles. The third kappa shape index (κ3) is 2.20. The van der Waals surface area contributed by atoms with Gasteiger partial charge in [0.1, 0.15) is 0 Å². The van der Waals surface area contributed by atoms with Crippen molar-refractivity contribution in [2.75, 3.05) is 23.7 Å². The standard InChI is InChI=1S/C11H16N2O2S/c1-7(14)11-9(12)5-10(16-11)13-4-2-3-8(15)6-13/h5,8,15H,2-4,6,12H2,1H3. The van der Waals surface area contributed by atoms with E-state index in [9.17, 15) is 9.90 Å². The number of carbonyl (C=O) groups is 1. The number of nitrogens with zero attached hydrogens (tertiary/aromatic N) is 1. The summed E-state index contributed by atoms with van der Waals surface area (Å²) in [5.74, 6) is 0.00584. The van der Waals surface area contributed by atoms with Gasteiger partial charge < -0.3 is 15.7 Å². The van der Waals surface area contributed by atoms with Crippen molar-refractivity contribution >= 4 is 27.8 Å². The first-order valence-electron chi connectivity index (χ1n) is 5.41. The average Bonchev–Trinajstić information content (AvgIpc) is 2.60. The van der Waals surface area contributed by atoms with E-state index in [2.05, 4.69) is 4.90 Å². The topological polar surface area (TPSA) is 66.6 Å². The highest BCUT2D eigenvalue weighted by molar-refractivity contribution is 7.18. The van der Waals surface area contributed by atoms with Crippen molar-refractivity contribution in [3.63, 3.8) is 0 Å². The van der Waals surface area contributed by atoms with Gasteiger partial charge in [0.25, 0.3) is 0 Å². The highest BCUT2D eigenvalue weighted by Crippen LogP contribution is 2.33. The third-order valence-corrected chi connectivity index (χ3v) is 4.09. The predicted octanol–water partition coefficient (Wildman–Crippen LogP) is 1.49. The molecule has 0 amide bonds. The number of carbonyl (C=O) groups excluding carboxylic acids is 1. The summed E-state index contributed by atoms with van der Waals surface area (Å²) in [5, 5.41) is 10.6. The van der Waals surface area contributed by atoms with Crippen LogP contribution in [0.15, 0.2) is 6.07 Å². The van der Waals surface area contributed by atoms with Crippen LogP contribution in [0.1, 0.15) is 29.4 Å². The average molecular weight is 240 g/mol. The van der Waals surface area contributed by atoms with E-state index in [0.29, 0.717) is 17.1 Å². The van der Waals surface area contributed by atoms with Gasteiger partial charge in [-0.2, -0.15) is 0 Å². The van der Waals surface area contributed by atoms with Crippen LogP contribution < -0.4 is 10.6 Å². The summed E-state index contributed by atoms with van der Waals surface area (Å²) in [6.45, 7) is 3.09. The molecule has 4 nitrogen and oxygen atoms in total. The smallest absolute Gasteiger partial charge is 0.171 e. The van der Waals surface area contributed by atoms with Crippen LogP contribution in [0.5, 0.6) is 0 Å². The van der Waals surface area contributed by atoms with E-state index >= 15 is 0 Å². The van der Waals surface area contributed by atoms with Gasteiger partial charge in [0.05, 0.1) is 21.7 Å².